The van der Waals surface area contributed by atoms with Crippen molar-refractivity contribution in [3.63, 3.8) is 0 Å². The van der Waals surface area contributed by atoms with Crippen LogP contribution in [0.2, 0.25) is 0 Å². The van der Waals surface area contributed by atoms with Gasteiger partial charge in [-0.05, 0) is 39.0 Å². The molecule has 5 nitrogen and oxygen atoms in total. The fourth-order valence-corrected chi connectivity index (χ4v) is 2.57. The topological polar surface area (TPSA) is 61.8 Å². The highest BCUT2D eigenvalue weighted by molar-refractivity contribution is 5.68. The lowest BCUT2D eigenvalue weighted by molar-refractivity contribution is 0.0282. The summed E-state index contributed by atoms with van der Waals surface area (Å²) < 4.78 is 5.36. The van der Waals surface area contributed by atoms with Gasteiger partial charge >= 0.3 is 6.09 Å². The zero-order valence-corrected chi connectivity index (χ0v) is 10.8. The maximum absolute atomic E-state index is 11.9. The molecule has 0 aromatic heterocycles. The highest BCUT2D eigenvalue weighted by atomic mass is 16.6. The van der Waals surface area contributed by atoms with Crippen LogP contribution >= 0.6 is 0 Å². The molecule has 2 heterocycles. The summed E-state index contributed by atoms with van der Waals surface area (Å²) in [7, 11) is 0. The van der Waals surface area contributed by atoms with Gasteiger partial charge in [0, 0.05) is 19.6 Å². The highest BCUT2D eigenvalue weighted by Gasteiger charge is 2.40. The van der Waals surface area contributed by atoms with Crippen LogP contribution in [0.5, 0.6) is 0 Å². The molecule has 2 saturated heterocycles. The number of rotatable bonds is 0. The lowest BCUT2D eigenvalue weighted by Crippen LogP contribution is -2.43. The van der Waals surface area contributed by atoms with Gasteiger partial charge in [0.1, 0.15) is 11.8 Å². The predicted octanol–water partition coefficient (Wildman–Crippen LogP) is 0.781. The Labute approximate surface area is 102 Å². The fourth-order valence-electron chi connectivity index (χ4n) is 2.57. The Balaban J connectivity index is 1.91. The number of carbonyl (C=O) groups is 1. The quantitative estimate of drug-likeness (QED) is 0.659. The molecule has 3 unspecified atom stereocenters. The highest BCUT2D eigenvalue weighted by Crippen LogP contribution is 2.30. The van der Waals surface area contributed by atoms with Gasteiger partial charge in [-0.25, -0.2) is 4.79 Å². The third-order valence-electron chi connectivity index (χ3n) is 3.37. The van der Waals surface area contributed by atoms with Crippen LogP contribution < -0.4 is 5.32 Å². The van der Waals surface area contributed by atoms with Gasteiger partial charge in [-0.2, -0.15) is 0 Å². The molecular weight excluding hydrogens is 220 g/mol. The van der Waals surface area contributed by atoms with E-state index in [0.29, 0.717) is 18.4 Å². The Hall–Kier alpha value is -0.810. The summed E-state index contributed by atoms with van der Waals surface area (Å²) in [5.41, 5.74) is -0.442. The van der Waals surface area contributed by atoms with Gasteiger partial charge in [-0.15, -0.1) is 0 Å². The Kier molecular flexibility index (Phi) is 3.32. The molecule has 0 bridgehead atoms. The second-order valence-electron chi connectivity index (χ2n) is 6.07. The summed E-state index contributed by atoms with van der Waals surface area (Å²) in [6, 6.07) is 0. The minimum atomic E-state index is -0.442. The molecule has 2 aliphatic rings. The van der Waals surface area contributed by atoms with Crippen molar-refractivity contribution in [1.82, 2.24) is 10.2 Å². The number of carbonyl (C=O) groups excluding carboxylic acids is 1. The Morgan fingerprint density at radius 1 is 1.35 bits per heavy atom. The van der Waals surface area contributed by atoms with Crippen LogP contribution in [0.1, 0.15) is 27.2 Å². The van der Waals surface area contributed by atoms with Crippen LogP contribution in [0.4, 0.5) is 4.79 Å². The number of amides is 1. The first-order valence-corrected chi connectivity index (χ1v) is 6.24. The van der Waals surface area contributed by atoms with Crippen LogP contribution in [-0.4, -0.2) is 47.6 Å². The lowest BCUT2D eigenvalue weighted by atomic mass is 9.89. The van der Waals surface area contributed by atoms with Gasteiger partial charge in [0.15, 0.2) is 0 Å². The summed E-state index contributed by atoms with van der Waals surface area (Å²) in [5, 5.41) is 12.6. The number of ether oxygens (including phenoxy) is 1. The van der Waals surface area contributed by atoms with Gasteiger partial charge in [-0.1, -0.05) is 0 Å². The monoisotopic (exact) mass is 242 g/mol. The molecule has 0 saturated carbocycles. The van der Waals surface area contributed by atoms with Crippen molar-refractivity contribution in [3.05, 3.63) is 0 Å². The van der Waals surface area contributed by atoms with Crippen LogP contribution in [-0.2, 0) is 4.74 Å². The van der Waals surface area contributed by atoms with Crippen molar-refractivity contribution >= 4 is 6.09 Å². The van der Waals surface area contributed by atoms with E-state index in [1.165, 1.54) is 0 Å². The maximum atomic E-state index is 11.9. The number of piperidine rings is 1. The molecule has 2 rings (SSSR count). The number of likely N-dealkylation sites (tertiary alicyclic amines) is 1. The van der Waals surface area contributed by atoms with Crippen LogP contribution in [0, 0.1) is 11.8 Å². The lowest BCUT2D eigenvalue weighted by Gasteiger charge is -2.28. The Morgan fingerprint density at radius 2 is 2.00 bits per heavy atom. The normalized spacial score (nSPS) is 33.4. The number of nitrogens with zero attached hydrogens (tertiary/aromatic N) is 1. The van der Waals surface area contributed by atoms with Gasteiger partial charge in [0.05, 0.1) is 0 Å². The molecule has 2 aliphatic heterocycles. The number of hydrogen-bond donors (Lipinski definition) is 2. The molecule has 98 valence electrons. The van der Waals surface area contributed by atoms with E-state index in [-0.39, 0.29) is 6.09 Å². The molecule has 17 heavy (non-hydrogen) atoms. The zero-order chi connectivity index (χ0) is 12.6. The number of aliphatic hydroxyl groups excluding tert-OH is 1. The first-order valence-electron chi connectivity index (χ1n) is 6.24. The Morgan fingerprint density at radius 3 is 2.65 bits per heavy atom. The largest absolute Gasteiger partial charge is 0.444 e. The second-order valence-corrected chi connectivity index (χ2v) is 6.07. The van der Waals surface area contributed by atoms with Crippen molar-refractivity contribution < 1.29 is 14.6 Å². The van der Waals surface area contributed by atoms with Crippen molar-refractivity contribution in [1.29, 1.82) is 0 Å². The minimum Gasteiger partial charge on any atom is -0.444 e. The van der Waals surface area contributed by atoms with Crippen LogP contribution in [0.25, 0.3) is 0 Å². The van der Waals surface area contributed by atoms with E-state index < -0.39 is 11.8 Å². The molecule has 0 radical (unpaired) electrons. The number of fused-ring (bicyclic) bond motifs is 1. The summed E-state index contributed by atoms with van der Waals surface area (Å²) in [6.07, 6.45) is 0.0699. The standard InChI is InChI=1S/C12H22N2O3/c1-12(2,3)17-11(16)14-6-8-4-10(15)13-5-9(8)7-14/h8-10,13,15H,4-7H2,1-3H3. The average molecular weight is 242 g/mol. The molecule has 2 fully saturated rings. The first kappa shape index (κ1) is 12.6. The van der Waals surface area contributed by atoms with Gasteiger partial charge in [0.2, 0.25) is 0 Å². The molecule has 2 N–H and O–H groups in total. The third kappa shape index (κ3) is 3.10. The smallest absolute Gasteiger partial charge is 0.410 e. The Bertz CT molecular complexity index is 301. The SMILES string of the molecule is CC(C)(C)OC(=O)N1CC2CNC(O)CC2C1. The summed E-state index contributed by atoms with van der Waals surface area (Å²) in [4.78, 5) is 13.7. The van der Waals surface area contributed by atoms with Crippen molar-refractivity contribution in [3.8, 4) is 0 Å². The van der Waals surface area contributed by atoms with E-state index >= 15 is 0 Å². The molecule has 0 spiro atoms. The van der Waals surface area contributed by atoms with Gasteiger partial charge in [0.25, 0.3) is 0 Å². The van der Waals surface area contributed by atoms with Gasteiger partial charge < -0.3 is 14.7 Å². The van der Waals surface area contributed by atoms with E-state index in [1.54, 1.807) is 4.90 Å². The van der Waals surface area contributed by atoms with E-state index in [2.05, 4.69) is 5.32 Å². The summed E-state index contributed by atoms with van der Waals surface area (Å²) >= 11 is 0. The van der Waals surface area contributed by atoms with Crippen LogP contribution in [0.15, 0.2) is 0 Å². The van der Waals surface area contributed by atoms with E-state index in [4.69, 9.17) is 4.74 Å². The molecule has 1 amide bonds. The van der Waals surface area contributed by atoms with Gasteiger partial charge in [-0.3, -0.25) is 5.32 Å². The van der Waals surface area contributed by atoms with E-state index in [9.17, 15) is 9.90 Å². The number of nitrogens with one attached hydrogen (secondary N) is 1. The van der Waals surface area contributed by atoms with E-state index in [0.717, 1.165) is 19.5 Å². The predicted molar refractivity (Wildman–Crippen MR) is 63.4 cm³/mol. The molecule has 0 aromatic rings. The molecule has 3 atom stereocenters. The molecule has 0 aliphatic carbocycles. The fraction of sp³-hybridized carbons (Fsp3) is 0.917. The molecular formula is C12H22N2O3. The minimum absolute atomic E-state index is 0.235. The first-order chi connectivity index (χ1) is 7.85. The summed E-state index contributed by atoms with van der Waals surface area (Å²) in [6.45, 7) is 7.85. The van der Waals surface area contributed by atoms with Crippen molar-refractivity contribution in [2.75, 3.05) is 19.6 Å². The second kappa shape index (κ2) is 4.46. The van der Waals surface area contributed by atoms with E-state index in [1.807, 2.05) is 20.8 Å². The number of aliphatic hydroxyl groups is 1. The molecule has 0 aromatic carbocycles. The zero-order valence-electron chi connectivity index (χ0n) is 10.8. The third-order valence-corrected chi connectivity index (χ3v) is 3.37. The average Bonchev–Trinajstić information content (AvgIpc) is 2.57. The van der Waals surface area contributed by atoms with Crippen molar-refractivity contribution in [2.24, 2.45) is 11.8 Å². The summed E-state index contributed by atoms with van der Waals surface area (Å²) in [5.74, 6) is 0.852. The molecule has 5 heteroatoms. The van der Waals surface area contributed by atoms with Crippen molar-refractivity contribution in [2.45, 2.75) is 39.0 Å². The number of hydrogen-bond acceptors (Lipinski definition) is 4. The maximum Gasteiger partial charge on any atom is 0.410 e. The van der Waals surface area contributed by atoms with Crippen LogP contribution in [0.3, 0.4) is 0 Å².